The SMILES string of the molecule is NC(=O)c1ccc(CN2CCOCC2)cc1.O=C(O)C1COc2ccc(OCc3ccccc3)cc2O1. The first kappa shape index (κ1) is 26.0. The fourth-order valence-electron chi connectivity index (χ4n) is 3.80. The number of carbonyl (C=O) groups excluding carboxylic acids is 1. The molecule has 5 rings (SSSR count). The minimum atomic E-state index is -1.05. The Morgan fingerprint density at radius 3 is 2.35 bits per heavy atom. The van der Waals surface area contributed by atoms with E-state index in [1.54, 1.807) is 30.3 Å². The predicted octanol–water partition coefficient (Wildman–Crippen LogP) is 3.11. The van der Waals surface area contributed by atoms with Gasteiger partial charge in [-0.15, -0.1) is 0 Å². The summed E-state index contributed by atoms with van der Waals surface area (Å²) < 4.78 is 21.7. The molecule has 1 amide bonds. The Morgan fingerprint density at radius 1 is 0.946 bits per heavy atom. The number of nitrogens with zero attached hydrogens (tertiary/aromatic N) is 1. The summed E-state index contributed by atoms with van der Waals surface area (Å²) in [5.41, 5.74) is 8.00. The number of aliphatic carboxylic acids is 1. The number of rotatable bonds is 7. The largest absolute Gasteiger partial charge is 0.489 e. The quantitative estimate of drug-likeness (QED) is 0.502. The molecule has 1 atom stereocenters. The Labute approximate surface area is 215 Å². The van der Waals surface area contributed by atoms with E-state index in [1.165, 1.54) is 5.56 Å². The van der Waals surface area contributed by atoms with Gasteiger partial charge in [0.2, 0.25) is 12.0 Å². The van der Waals surface area contributed by atoms with Crippen LogP contribution in [0.4, 0.5) is 0 Å². The van der Waals surface area contributed by atoms with Gasteiger partial charge in [0.05, 0.1) is 13.2 Å². The Bertz CT molecular complexity index is 1180. The van der Waals surface area contributed by atoms with Gasteiger partial charge >= 0.3 is 5.97 Å². The van der Waals surface area contributed by atoms with Gasteiger partial charge in [0.1, 0.15) is 19.0 Å². The average Bonchev–Trinajstić information content (AvgIpc) is 2.93. The summed E-state index contributed by atoms with van der Waals surface area (Å²) >= 11 is 0. The minimum Gasteiger partial charge on any atom is -0.489 e. The van der Waals surface area contributed by atoms with Crippen LogP contribution in [0.5, 0.6) is 17.2 Å². The first-order chi connectivity index (χ1) is 18.0. The number of carboxylic acids is 1. The number of carboxylic acid groups (broad SMARTS) is 1. The molecule has 9 heteroatoms. The highest BCUT2D eigenvalue weighted by molar-refractivity contribution is 5.92. The van der Waals surface area contributed by atoms with E-state index < -0.39 is 12.1 Å². The van der Waals surface area contributed by atoms with E-state index in [-0.39, 0.29) is 12.5 Å². The second-order valence-corrected chi connectivity index (χ2v) is 8.59. The number of carbonyl (C=O) groups is 2. The molecule has 1 saturated heterocycles. The number of primary amides is 1. The van der Waals surface area contributed by atoms with Crippen molar-refractivity contribution in [2.45, 2.75) is 19.3 Å². The van der Waals surface area contributed by atoms with E-state index in [1.807, 2.05) is 42.5 Å². The van der Waals surface area contributed by atoms with Crippen LogP contribution in [0.15, 0.2) is 72.8 Å². The van der Waals surface area contributed by atoms with Crippen LogP contribution in [-0.2, 0) is 22.7 Å². The third kappa shape index (κ3) is 7.70. The number of benzene rings is 3. The maximum absolute atomic E-state index is 10.9. The van der Waals surface area contributed by atoms with Gasteiger partial charge < -0.3 is 29.8 Å². The molecule has 0 aromatic heterocycles. The molecule has 9 nitrogen and oxygen atoms in total. The second-order valence-electron chi connectivity index (χ2n) is 8.59. The summed E-state index contributed by atoms with van der Waals surface area (Å²) in [6, 6.07) is 22.4. The van der Waals surface area contributed by atoms with Gasteiger partial charge in [-0.3, -0.25) is 9.69 Å². The molecule has 0 radical (unpaired) electrons. The van der Waals surface area contributed by atoms with E-state index in [0.717, 1.165) is 38.4 Å². The molecule has 2 heterocycles. The molecule has 1 unspecified atom stereocenters. The zero-order valence-electron chi connectivity index (χ0n) is 20.4. The summed E-state index contributed by atoms with van der Waals surface area (Å²) in [6.45, 7) is 4.89. The van der Waals surface area contributed by atoms with Crippen molar-refractivity contribution < 1.29 is 33.6 Å². The number of amides is 1. The van der Waals surface area contributed by atoms with Crippen LogP contribution in [0, 0.1) is 0 Å². The molecule has 194 valence electrons. The van der Waals surface area contributed by atoms with Crippen molar-refractivity contribution in [1.82, 2.24) is 4.90 Å². The number of hydrogen-bond donors (Lipinski definition) is 2. The van der Waals surface area contributed by atoms with Crippen LogP contribution in [0.2, 0.25) is 0 Å². The summed E-state index contributed by atoms with van der Waals surface area (Å²) in [5, 5.41) is 8.95. The molecule has 0 bridgehead atoms. The van der Waals surface area contributed by atoms with E-state index in [9.17, 15) is 9.59 Å². The molecule has 1 fully saturated rings. The molecule has 0 spiro atoms. The lowest BCUT2D eigenvalue weighted by Crippen LogP contribution is -2.36. The van der Waals surface area contributed by atoms with Crippen molar-refractivity contribution in [3.05, 3.63) is 89.5 Å². The normalized spacial score (nSPS) is 16.7. The summed E-state index contributed by atoms with van der Waals surface area (Å²) in [4.78, 5) is 24.2. The van der Waals surface area contributed by atoms with Crippen molar-refractivity contribution in [2.75, 3.05) is 32.9 Å². The molecule has 2 aliphatic rings. The number of hydrogen-bond acceptors (Lipinski definition) is 7. The van der Waals surface area contributed by atoms with Crippen LogP contribution in [-0.4, -0.2) is 60.9 Å². The van der Waals surface area contributed by atoms with E-state index >= 15 is 0 Å². The number of fused-ring (bicyclic) bond motifs is 1. The molecular formula is C28H30N2O7. The van der Waals surface area contributed by atoms with Gasteiger partial charge in [-0.2, -0.15) is 0 Å². The lowest BCUT2D eigenvalue weighted by Gasteiger charge is -2.26. The van der Waals surface area contributed by atoms with Crippen molar-refractivity contribution in [3.63, 3.8) is 0 Å². The molecule has 0 aliphatic carbocycles. The highest BCUT2D eigenvalue weighted by Crippen LogP contribution is 2.35. The second kappa shape index (κ2) is 12.8. The highest BCUT2D eigenvalue weighted by atomic mass is 16.6. The van der Waals surface area contributed by atoms with Gasteiger partial charge in [0, 0.05) is 31.3 Å². The van der Waals surface area contributed by atoms with Crippen LogP contribution < -0.4 is 19.9 Å². The van der Waals surface area contributed by atoms with Crippen LogP contribution >= 0.6 is 0 Å². The molecule has 0 saturated carbocycles. The van der Waals surface area contributed by atoms with Crippen molar-refractivity contribution in [2.24, 2.45) is 5.73 Å². The average molecular weight is 507 g/mol. The monoisotopic (exact) mass is 506 g/mol. The third-order valence-electron chi connectivity index (χ3n) is 5.85. The Morgan fingerprint density at radius 2 is 1.68 bits per heavy atom. The predicted molar refractivity (Wildman–Crippen MR) is 136 cm³/mol. The maximum atomic E-state index is 10.9. The first-order valence-electron chi connectivity index (χ1n) is 12.0. The molecule has 37 heavy (non-hydrogen) atoms. The molecule has 3 aromatic rings. The Balaban J connectivity index is 0.000000180. The molecular weight excluding hydrogens is 476 g/mol. The molecule has 2 aliphatic heterocycles. The van der Waals surface area contributed by atoms with Gasteiger partial charge in [-0.25, -0.2) is 4.79 Å². The van der Waals surface area contributed by atoms with Gasteiger partial charge in [0.15, 0.2) is 11.5 Å². The molecule has 3 aromatic carbocycles. The zero-order chi connectivity index (χ0) is 26.0. The summed E-state index contributed by atoms with van der Waals surface area (Å²) in [5.74, 6) is 0.0974. The lowest BCUT2D eigenvalue weighted by atomic mass is 10.1. The maximum Gasteiger partial charge on any atom is 0.348 e. The Kier molecular flexibility index (Phi) is 8.96. The zero-order valence-corrected chi connectivity index (χ0v) is 20.4. The van der Waals surface area contributed by atoms with Crippen molar-refractivity contribution >= 4 is 11.9 Å². The topological polar surface area (TPSA) is 121 Å². The first-order valence-corrected chi connectivity index (χ1v) is 12.0. The van der Waals surface area contributed by atoms with Crippen molar-refractivity contribution in [3.8, 4) is 17.2 Å². The minimum absolute atomic E-state index is 0.00650. The van der Waals surface area contributed by atoms with Gasteiger partial charge in [0.25, 0.3) is 0 Å². The fourth-order valence-corrected chi connectivity index (χ4v) is 3.80. The molecule has 3 N–H and O–H groups in total. The Hall–Kier alpha value is -4.08. The van der Waals surface area contributed by atoms with Gasteiger partial charge in [-0.05, 0) is 35.4 Å². The number of ether oxygens (including phenoxy) is 4. The number of morpholine rings is 1. The third-order valence-corrected chi connectivity index (χ3v) is 5.85. The number of nitrogens with two attached hydrogens (primary N) is 1. The lowest BCUT2D eigenvalue weighted by molar-refractivity contribution is -0.147. The highest BCUT2D eigenvalue weighted by Gasteiger charge is 2.27. The van der Waals surface area contributed by atoms with E-state index in [4.69, 9.17) is 29.8 Å². The van der Waals surface area contributed by atoms with E-state index in [0.29, 0.717) is 29.4 Å². The standard InChI is InChI=1S/C16H14O5.C12H16N2O2/c17-16(18)15-10-20-13-7-6-12(8-14(13)21-15)19-9-11-4-2-1-3-5-11;13-12(15)11-3-1-10(2-4-11)9-14-5-7-16-8-6-14/h1-8,15H,9-10H2,(H,17,18);1-4H,5-9H2,(H2,13,15). The summed E-state index contributed by atoms with van der Waals surface area (Å²) in [7, 11) is 0. The van der Waals surface area contributed by atoms with Crippen LogP contribution in [0.3, 0.4) is 0 Å². The fraction of sp³-hybridized carbons (Fsp3) is 0.286. The van der Waals surface area contributed by atoms with Crippen LogP contribution in [0.25, 0.3) is 0 Å². The van der Waals surface area contributed by atoms with Gasteiger partial charge in [-0.1, -0.05) is 42.5 Å². The van der Waals surface area contributed by atoms with Crippen molar-refractivity contribution in [1.29, 1.82) is 0 Å². The van der Waals surface area contributed by atoms with Crippen LogP contribution in [0.1, 0.15) is 21.5 Å². The smallest absolute Gasteiger partial charge is 0.348 e. The summed E-state index contributed by atoms with van der Waals surface area (Å²) in [6.07, 6.45) is -0.984. The van der Waals surface area contributed by atoms with E-state index in [2.05, 4.69) is 4.90 Å².